The average Bonchev–Trinajstić information content (AvgIpc) is 1.62. The highest BCUT2D eigenvalue weighted by atomic mass is 32.2. The molecule has 0 bridgehead atoms. The van der Waals surface area contributed by atoms with E-state index in [1.807, 2.05) is 0 Å². The van der Waals surface area contributed by atoms with Gasteiger partial charge in [0.2, 0.25) is 0 Å². The zero-order valence-corrected chi connectivity index (χ0v) is 4.97. The zero-order valence-electron chi connectivity index (χ0n) is 4.16. The molecule has 6 heteroatoms. The van der Waals surface area contributed by atoms with Gasteiger partial charge < -0.3 is 9.76 Å². The maximum atomic E-state index is 9.78. The summed E-state index contributed by atoms with van der Waals surface area (Å²) in [5, 5.41) is 6.41. The summed E-state index contributed by atoms with van der Waals surface area (Å²) < 4.78 is 29.4. The third-order valence-electron chi connectivity index (χ3n) is 0.615. The molecular weight excluding hydrogens is 134 g/mol. The monoisotopic (exact) mass is 140 g/mol. The van der Waals surface area contributed by atoms with Gasteiger partial charge in [-0.25, -0.2) is 8.42 Å². The van der Waals surface area contributed by atoms with Crippen molar-refractivity contribution in [2.45, 2.75) is 12.3 Å². The van der Waals surface area contributed by atoms with Crippen LogP contribution >= 0.6 is 0 Å². The van der Waals surface area contributed by atoms with Crippen LogP contribution in [0.3, 0.4) is 0 Å². The average molecular weight is 140 g/mol. The number of hydrogen-bond donors (Lipinski definition) is 2. The van der Waals surface area contributed by atoms with Gasteiger partial charge in [-0.1, -0.05) is 0 Å². The van der Waals surface area contributed by atoms with Crippen LogP contribution in [0.25, 0.3) is 0 Å². The van der Waals surface area contributed by atoms with Crippen LogP contribution in [0.1, 0.15) is 6.92 Å². The molecule has 0 aliphatic heterocycles. The second-order valence-electron chi connectivity index (χ2n) is 1.26. The summed E-state index contributed by atoms with van der Waals surface area (Å²) >= 11 is 0. The molecule has 5 nitrogen and oxygen atoms in total. The number of hydrogen-bond acceptors (Lipinski definition) is 5. The Kier molecular flexibility index (Phi) is 2.35. The molecule has 1 atom stereocenters. The molecule has 0 saturated heterocycles. The highest BCUT2D eigenvalue weighted by Crippen LogP contribution is 1.88. The van der Waals surface area contributed by atoms with Gasteiger partial charge in [-0.05, 0) is 6.92 Å². The third-order valence-corrected chi connectivity index (χ3v) is 1.59. The van der Waals surface area contributed by atoms with Gasteiger partial charge in [0.25, 0.3) is 0 Å². The van der Waals surface area contributed by atoms with Gasteiger partial charge >= 0.3 is 0 Å². The van der Waals surface area contributed by atoms with E-state index in [1.54, 1.807) is 0 Å². The molecule has 0 spiro atoms. The normalized spacial score (nSPS) is 15.9. The van der Waals surface area contributed by atoms with Crippen LogP contribution in [0.2, 0.25) is 0 Å². The van der Waals surface area contributed by atoms with Crippen LogP contribution in [0.4, 0.5) is 0 Å². The van der Waals surface area contributed by atoms with Crippen molar-refractivity contribution < 1.29 is 18.2 Å². The fourth-order valence-electron chi connectivity index (χ4n) is 0.0645. The van der Waals surface area contributed by atoms with E-state index in [0.717, 1.165) is 6.92 Å². The maximum absolute atomic E-state index is 9.78. The van der Waals surface area contributed by atoms with Crippen molar-refractivity contribution in [2.75, 3.05) is 0 Å². The number of hydroxylamine groups is 1. The molecule has 0 amide bonds. The zero-order chi connectivity index (χ0) is 6.78. The van der Waals surface area contributed by atoms with E-state index >= 15 is 0 Å². The van der Waals surface area contributed by atoms with Gasteiger partial charge in [-0.3, -0.25) is 0 Å². The molecular formula is C2H6NO4S-. The molecule has 0 aromatic heterocycles. The van der Waals surface area contributed by atoms with Gasteiger partial charge in [-0.2, -0.15) is 5.48 Å². The lowest BCUT2D eigenvalue weighted by Gasteiger charge is -2.12. The first-order valence-electron chi connectivity index (χ1n) is 1.83. The Morgan fingerprint density at radius 2 is 2.12 bits per heavy atom. The lowest BCUT2D eigenvalue weighted by molar-refractivity contribution is 0.155. The lowest BCUT2D eigenvalue weighted by atomic mass is 10.8. The van der Waals surface area contributed by atoms with Crippen molar-refractivity contribution in [2.24, 2.45) is 0 Å². The summed E-state index contributed by atoms with van der Waals surface area (Å²) in [7, 11) is -4.36. The summed E-state index contributed by atoms with van der Waals surface area (Å²) in [6.45, 7) is 1.04. The Labute approximate surface area is 47.0 Å². The quantitative estimate of drug-likeness (QED) is 0.373. The van der Waals surface area contributed by atoms with Gasteiger partial charge in [0.05, 0.1) is 0 Å². The molecule has 0 saturated carbocycles. The largest absolute Gasteiger partial charge is 0.747 e. The first-order chi connectivity index (χ1) is 3.48. The minimum Gasteiger partial charge on any atom is -0.747 e. The molecule has 0 rings (SSSR count). The fourth-order valence-corrected chi connectivity index (χ4v) is 0.194. The molecule has 0 radical (unpaired) electrons. The van der Waals surface area contributed by atoms with E-state index in [9.17, 15) is 13.0 Å². The molecule has 0 aliphatic carbocycles. The second kappa shape index (κ2) is 2.40. The summed E-state index contributed by atoms with van der Waals surface area (Å²) in [4.78, 5) is 0. The number of rotatable bonds is 2. The molecule has 1 unspecified atom stereocenters. The van der Waals surface area contributed by atoms with E-state index in [2.05, 4.69) is 0 Å². The molecule has 0 aliphatic rings. The van der Waals surface area contributed by atoms with Crippen molar-refractivity contribution in [3.8, 4) is 0 Å². The van der Waals surface area contributed by atoms with Crippen LogP contribution in [0.15, 0.2) is 0 Å². The smallest absolute Gasteiger partial charge is 0.119 e. The topological polar surface area (TPSA) is 89.5 Å². The molecule has 0 aromatic carbocycles. The van der Waals surface area contributed by atoms with Crippen LogP contribution in [0.5, 0.6) is 0 Å². The predicted octanol–water partition coefficient (Wildman–Crippen LogP) is -1.14. The Bertz CT molecular complexity index is 149. The van der Waals surface area contributed by atoms with E-state index in [0.29, 0.717) is 0 Å². The van der Waals surface area contributed by atoms with Crippen LogP contribution in [-0.2, 0) is 10.1 Å². The first-order valence-corrected chi connectivity index (χ1v) is 3.30. The van der Waals surface area contributed by atoms with Gasteiger partial charge in [0, 0.05) is 0 Å². The third kappa shape index (κ3) is 2.22. The lowest BCUT2D eigenvalue weighted by Crippen LogP contribution is -2.30. The standard InChI is InChI=1S/C2H7NO4S/c1-2(3-4)8(5,6)7/h2-4H,1H3,(H,5,6,7)/p-1. The van der Waals surface area contributed by atoms with Crippen molar-refractivity contribution in [1.82, 2.24) is 5.48 Å². The Hall–Kier alpha value is -0.170. The van der Waals surface area contributed by atoms with Crippen LogP contribution in [0, 0.1) is 0 Å². The van der Waals surface area contributed by atoms with Crippen molar-refractivity contribution in [3.63, 3.8) is 0 Å². The summed E-state index contributed by atoms with van der Waals surface area (Å²) in [5.41, 5.74) is 1.30. The van der Waals surface area contributed by atoms with Gasteiger partial charge in [0.1, 0.15) is 15.5 Å². The van der Waals surface area contributed by atoms with E-state index in [-0.39, 0.29) is 0 Å². The van der Waals surface area contributed by atoms with Crippen LogP contribution in [-0.4, -0.2) is 23.6 Å². The van der Waals surface area contributed by atoms with Crippen LogP contribution < -0.4 is 5.48 Å². The van der Waals surface area contributed by atoms with E-state index in [1.165, 1.54) is 5.48 Å². The molecule has 2 N–H and O–H groups in total. The Balaban J connectivity index is 4.04. The van der Waals surface area contributed by atoms with Crippen molar-refractivity contribution in [3.05, 3.63) is 0 Å². The summed E-state index contributed by atoms with van der Waals surface area (Å²) in [6, 6.07) is 0. The van der Waals surface area contributed by atoms with Crippen molar-refractivity contribution >= 4 is 10.1 Å². The Morgan fingerprint density at radius 3 is 2.12 bits per heavy atom. The van der Waals surface area contributed by atoms with Crippen molar-refractivity contribution in [1.29, 1.82) is 0 Å². The second-order valence-corrected chi connectivity index (χ2v) is 2.96. The first kappa shape index (κ1) is 7.83. The predicted molar refractivity (Wildman–Crippen MR) is 24.1 cm³/mol. The minimum atomic E-state index is -4.36. The fraction of sp³-hybridized carbons (Fsp3) is 1.00. The molecule has 8 heavy (non-hydrogen) atoms. The van der Waals surface area contributed by atoms with E-state index < -0.39 is 15.5 Å². The van der Waals surface area contributed by atoms with E-state index in [4.69, 9.17) is 5.21 Å². The highest BCUT2D eigenvalue weighted by Gasteiger charge is 2.04. The molecule has 0 heterocycles. The summed E-state index contributed by atoms with van der Waals surface area (Å²) in [6.07, 6.45) is 0. The minimum absolute atomic E-state index is 1.04. The van der Waals surface area contributed by atoms with Gasteiger partial charge in [-0.15, -0.1) is 0 Å². The highest BCUT2D eigenvalue weighted by molar-refractivity contribution is 7.86. The number of nitrogens with one attached hydrogen (secondary N) is 1. The molecule has 0 fully saturated rings. The summed E-state index contributed by atoms with van der Waals surface area (Å²) in [5.74, 6) is 0. The molecule has 0 aromatic rings. The SMILES string of the molecule is CC(NO)S(=O)(=O)[O-]. The maximum Gasteiger partial charge on any atom is 0.119 e. The Morgan fingerprint density at radius 1 is 1.75 bits per heavy atom. The molecule has 50 valence electrons. The van der Waals surface area contributed by atoms with Gasteiger partial charge in [0.15, 0.2) is 0 Å².